The molecule has 1 aromatic carbocycles. The van der Waals surface area contributed by atoms with Gasteiger partial charge < -0.3 is 30.6 Å². The summed E-state index contributed by atoms with van der Waals surface area (Å²) in [7, 11) is 4.64. The highest BCUT2D eigenvalue weighted by Gasteiger charge is 2.19. The van der Waals surface area contributed by atoms with Crippen LogP contribution in [-0.2, 0) is 17.8 Å². The van der Waals surface area contributed by atoms with Crippen LogP contribution in [0.15, 0.2) is 55.0 Å². The Morgan fingerprint density at radius 2 is 1.82 bits per heavy atom. The number of rotatable bonds is 11. The van der Waals surface area contributed by atoms with Crippen LogP contribution in [0.2, 0.25) is 5.15 Å². The maximum Gasteiger partial charge on any atom is 0.254 e. The van der Waals surface area contributed by atoms with Crippen LogP contribution in [-0.4, -0.2) is 53.7 Å². The van der Waals surface area contributed by atoms with E-state index in [-0.39, 0.29) is 11.1 Å². The Kier molecular flexibility index (Phi) is 9.08. The molecule has 39 heavy (non-hydrogen) atoms. The van der Waals surface area contributed by atoms with Gasteiger partial charge in [-0.15, -0.1) is 0 Å². The van der Waals surface area contributed by atoms with Gasteiger partial charge in [0.15, 0.2) is 17.3 Å². The molecular weight excluding hydrogens is 522 g/mol. The SMILES string of the molecule is CNC(=O)c1cnc(Cl)cc1Nc1cc(CCOCc2cccc(N)n2)cc(-c2ncc(OC)cn2)c1OC. The van der Waals surface area contributed by atoms with E-state index in [4.69, 9.17) is 31.5 Å². The number of benzene rings is 1. The van der Waals surface area contributed by atoms with Crippen molar-refractivity contribution in [2.45, 2.75) is 13.0 Å². The van der Waals surface area contributed by atoms with Crippen molar-refractivity contribution in [3.05, 3.63) is 77.0 Å². The minimum absolute atomic E-state index is 0.225. The first-order valence-electron chi connectivity index (χ1n) is 11.9. The van der Waals surface area contributed by atoms with Gasteiger partial charge in [-0.3, -0.25) is 4.79 Å². The predicted octanol–water partition coefficient (Wildman–Crippen LogP) is 4.05. The molecule has 0 saturated heterocycles. The van der Waals surface area contributed by atoms with Gasteiger partial charge in [0.1, 0.15) is 11.0 Å². The lowest BCUT2D eigenvalue weighted by molar-refractivity contribution is 0.0963. The summed E-state index contributed by atoms with van der Waals surface area (Å²) in [5, 5.41) is 6.12. The average Bonchev–Trinajstić information content (AvgIpc) is 2.95. The molecule has 1 amide bonds. The summed E-state index contributed by atoms with van der Waals surface area (Å²) >= 11 is 6.16. The molecule has 0 aliphatic rings. The average molecular weight is 550 g/mol. The summed E-state index contributed by atoms with van der Waals surface area (Å²) in [5.74, 6) is 1.56. The maximum atomic E-state index is 12.5. The molecule has 0 unspecified atom stereocenters. The van der Waals surface area contributed by atoms with E-state index in [1.54, 1.807) is 45.8 Å². The molecule has 12 heteroatoms. The van der Waals surface area contributed by atoms with E-state index in [1.165, 1.54) is 6.20 Å². The van der Waals surface area contributed by atoms with Crippen LogP contribution in [0.3, 0.4) is 0 Å². The predicted molar refractivity (Wildman–Crippen MR) is 149 cm³/mol. The standard InChI is InChI=1S/C27H28ClN7O4/c1-30-27(36)20-14-31-23(28)11-21(20)35-22-10-16(7-8-39-15-17-5-4-6-24(29)34-17)9-19(25(22)38-3)26-32-12-18(37-2)13-33-26/h4-6,9-14H,7-8,15H2,1-3H3,(H2,29,34)(H,30,36)(H,31,35). The molecule has 0 radical (unpaired) electrons. The number of carbonyl (C=O) groups excluding carboxylic acids is 1. The summed E-state index contributed by atoms with van der Waals surface area (Å²) in [4.78, 5) is 29.7. The van der Waals surface area contributed by atoms with E-state index in [9.17, 15) is 4.79 Å². The third kappa shape index (κ3) is 6.89. The normalized spacial score (nSPS) is 10.7. The molecule has 3 aromatic heterocycles. The fourth-order valence-corrected chi connectivity index (χ4v) is 3.97. The fraction of sp³-hybridized carbons (Fsp3) is 0.222. The van der Waals surface area contributed by atoms with Crippen LogP contribution in [0.5, 0.6) is 11.5 Å². The molecular formula is C27H28ClN7O4. The number of hydrogen-bond donors (Lipinski definition) is 3. The van der Waals surface area contributed by atoms with Gasteiger partial charge in [-0.2, -0.15) is 0 Å². The van der Waals surface area contributed by atoms with Gasteiger partial charge in [0.05, 0.1) is 68.0 Å². The second-order valence-corrected chi connectivity index (χ2v) is 8.67. The van der Waals surface area contributed by atoms with E-state index in [0.29, 0.717) is 65.3 Å². The summed E-state index contributed by atoms with van der Waals surface area (Å²) in [6.07, 6.45) is 5.13. The van der Waals surface area contributed by atoms with E-state index in [2.05, 4.69) is 30.6 Å². The third-order valence-electron chi connectivity index (χ3n) is 5.68. The number of amides is 1. The number of carbonyl (C=O) groups is 1. The minimum Gasteiger partial charge on any atom is -0.494 e. The molecule has 202 valence electrons. The van der Waals surface area contributed by atoms with E-state index in [0.717, 1.165) is 11.3 Å². The maximum absolute atomic E-state index is 12.5. The van der Waals surface area contributed by atoms with Crippen LogP contribution in [0.4, 0.5) is 17.2 Å². The summed E-state index contributed by atoms with van der Waals surface area (Å²) in [5.41, 5.74) is 9.40. The number of methoxy groups -OCH3 is 2. The molecule has 0 bridgehead atoms. The van der Waals surface area contributed by atoms with E-state index >= 15 is 0 Å². The van der Waals surface area contributed by atoms with Gasteiger partial charge in [0.2, 0.25) is 0 Å². The lowest BCUT2D eigenvalue weighted by Gasteiger charge is -2.18. The van der Waals surface area contributed by atoms with Crippen molar-refractivity contribution in [2.24, 2.45) is 0 Å². The number of aromatic nitrogens is 4. The highest BCUT2D eigenvalue weighted by atomic mass is 35.5. The molecule has 3 heterocycles. The first-order chi connectivity index (χ1) is 18.9. The number of anilines is 3. The molecule has 0 aliphatic carbocycles. The van der Waals surface area contributed by atoms with Crippen LogP contribution in [0.1, 0.15) is 21.6 Å². The number of halogens is 1. The molecule has 0 aliphatic heterocycles. The fourth-order valence-electron chi connectivity index (χ4n) is 3.81. The Labute approximate surface area is 230 Å². The molecule has 4 rings (SSSR count). The van der Waals surface area contributed by atoms with Crippen molar-refractivity contribution in [1.29, 1.82) is 0 Å². The van der Waals surface area contributed by atoms with Crippen molar-refractivity contribution >= 4 is 34.7 Å². The Hall–Kier alpha value is -4.48. The number of ether oxygens (including phenoxy) is 3. The zero-order valence-corrected chi connectivity index (χ0v) is 22.5. The Morgan fingerprint density at radius 3 is 2.51 bits per heavy atom. The van der Waals surface area contributed by atoms with Gasteiger partial charge in [0, 0.05) is 13.2 Å². The lowest BCUT2D eigenvalue weighted by Crippen LogP contribution is -2.19. The van der Waals surface area contributed by atoms with Crippen LogP contribution in [0, 0.1) is 0 Å². The number of nitrogen functional groups attached to an aromatic ring is 1. The molecule has 4 aromatic rings. The number of nitrogens with two attached hydrogens (primary N) is 1. The first-order valence-corrected chi connectivity index (χ1v) is 12.3. The number of hydrogen-bond acceptors (Lipinski definition) is 10. The topological polar surface area (TPSA) is 146 Å². The van der Waals surface area contributed by atoms with Crippen molar-refractivity contribution < 1.29 is 19.0 Å². The van der Waals surface area contributed by atoms with Crippen molar-refractivity contribution in [3.63, 3.8) is 0 Å². The van der Waals surface area contributed by atoms with E-state index < -0.39 is 0 Å². The van der Waals surface area contributed by atoms with Gasteiger partial charge >= 0.3 is 0 Å². The van der Waals surface area contributed by atoms with Crippen LogP contribution >= 0.6 is 11.6 Å². The number of pyridine rings is 2. The lowest BCUT2D eigenvalue weighted by atomic mass is 10.0. The monoisotopic (exact) mass is 549 g/mol. The molecule has 11 nitrogen and oxygen atoms in total. The summed E-state index contributed by atoms with van der Waals surface area (Å²) in [6.45, 7) is 0.738. The van der Waals surface area contributed by atoms with Crippen molar-refractivity contribution in [2.75, 3.05) is 38.9 Å². The van der Waals surface area contributed by atoms with Crippen molar-refractivity contribution in [3.8, 4) is 22.9 Å². The van der Waals surface area contributed by atoms with Gasteiger partial charge in [-0.25, -0.2) is 19.9 Å². The summed E-state index contributed by atoms with van der Waals surface area (Å²) in [6, 6.07) is 10.8. The third-order valence-corrected chi connectivity index (χ3v) is 5.89. The number of nitrogens with one attached hydrogen (secondary N) is 2. The molecule has 4 N–H and O–H groups in total. The van der Waals surface area contributed by atoms with Gasteiger partial charge in [-0.05, 0) is 42.3 Å². The van der Waals surface area contributed by atoms with E-state index in [1.807, 2.05) is 24.3 Å². The highest BCUT2D eigenvalue weighted by molar-refractivity contribution is 6.29. The minimum atomic E-state index is -0.320. The second kappa shape index (κ2) is 12.9. The summed E-state index contributed by atoms with van der Waals surface area (Å²) < 4.78 is 16.8. The Morgan fingerprint density at radius 1 is 1.03 bits per heavy atom. The zero-order valence-electron chi connectivity index (χ0n) is 21.7. The first kappa shape index (κ1) is 27.6. The Bertz CT molecular complexity index is 1450. The van der Waals surface area contributed by atoms with Crippen LogP contribution < -0.4 is 25.8 Å². The smallest absolute Gasteiger partial charge is 0.254 e. The Balaban J connectivity index is 1.68. The quantitative estimate of drug-likeness (QED) is 0.185. The van der Waals surface area contributed by atoms with Gasteiger partial charge in [-0.1, -0.05) is 17.7 Å². The zero-order chi connectivity index (χ0) is 27.8. The highest BCUT2D eigenvalue weighted by Crippen LogP contribution is 2.39. The molecule has 0 saturated carbocycles. The van der Waals surface area contributed by atoms with Crippen LogP contribution in [0.25, 0.3) is 11.4 Å². The largest absolute Gasteiger partial charge is 0.494 e. The number of nitrogens with zero attached hydrogens (tertiary/aromatic N) is 4. The van der Waals surface area contributed by atoms with Gasteiger partial charge in [0.25, 0.3) is 5.91 Å². The molecule has 0 atom stereocenters. The second-order valence-electron chi connectivity index (χ2n) is 8.28. The van der Waals surface area contributed by atoms with Crippen molar-refractivity contribution in [1.82, 2.24) is 25.3 Å². The molecule has 0 spiro atoms. The molecule has 0 fully saturated rings.